The smallest absolute Gasteiger partial charge is 0.261 e. The molecule has 1 aliphatic heterocycles. The van der Waals surface area contributed by atoms with Gasteiger partial charge >= 0.3 is 0 Å². The molecule has 0 atom stereocenters. The molecular formula is C20H21N3O3. The summed E-state index contributed by atoms with van der Waals surface area (Å²) in [5.74, 6) is -0.441. The van der Waals surface area contributed by atoms with Crippen LogP contribution in [-0.4, -0.2) is 34.2 Å². The Morgan fingerprint density at radius 1 is 0.923 bits per heavy atom. The van der Waals surface area contributed by atoms with Gasteiger partial charge in [-0.1, -0.05) is 18.6 Å². The average Bonchev–Trinajstić information content (AvgIpc) is 2.92. The summed E-state index contributed by atoms with van der Waals surface area (Å²) in [5, 5.41) is 2.87. The van der Waals surface area contributed by atoms with E-state index in [1.807, 2.05) is 12.1 Å². The number of hydrogen-bond donors (Lipinski definition) is 1. The molecule has 1 aromatic heterocycles. The molecule has 2 heterocycles. The van der Waals surface area contributed by atoms with Crippen LogP contribution >= 0.6 is 0 Å². The summed E-state index contributed by atoms with van der Waals surface area (Å²) in [7, 11) is 0. The molecule has 134 valence electrons. The van der Waals surface area contributed by atoms with Crippen LogP contribution in [0.3, 0.4) is 0 Å². The van der Waals surface area contributed by atoms with Crippen LogP contribution in [0.1, 0.15) is 52.0 Å². The number of rotatable bonds is 8. The molecule has 6 nitrogen and oxygen atoms in total. The number of benzene rings is 1. The first-order valence-corrected chi connectivity index (χ1v) is 8.77. The van der Waals surface area contributed by atoms with Gasteiger partial charge in [-0.25, -0.2) is 0 Å². The summed E-state index contributed by atoms with van der Waals surface area (Å²) in [6.07, 6.45) is 6.04. The van der Waals surface area contributed by atoms with Crippen LogP contribution in [0, 0.1) is 0 Å². The van der Waals surface area contributed by atoms with E-state index in [-0.39, 0.29) is 17.7 Å². The first kappa shape index (κ1) is 17.8. The predicted molar refractivity (Wildman–Crippen MR) is 96.4 cm³/mol. The highest BCUT2D eigenvalue weighted by Crippen LogP contribution is 2.22. The van der Waals surface area contributed by atoms with Crippen molar-refractivity contribution in [1.82, 2.24) is 15.2 Å². The van der Waals surface area contributed by atoms with Crippen LogP contribution in [0.15, 0.2) is 48.8 Å². The van der Waals surface area contributed by atoms with Gasteiger partial charge in [0.15, 0.2) is 0 Å². The maximum Gasteiger partial charge on any atom is 0.261 e. The van der Waals surface area contributed by atoms with Crippen LogP contribution in [0.2, 0.25) is 0 Å². The van der Waals surface area contributed by atoms with Gasteiger partial charge in [-0.15, -0.1) is 0 Å². The second kappa shape index (κ2) is 8.38. The molecule has 26 heavy (non-hydrogen) atoms. The van der Waals surface area contributed by atoms with E-state index in [1.165, 1.54) is 4.90 Å². The summed E-state index contributed by atoms with van der Waals surface area (Å²) >= 11 is 0. The number of unbranched alkanes of at least 4 members (excludes halogenated alkanes) is 2. The van der Waals surface area contributed by atoms with Crippen LogP contribution in [0.5, 0.6) is 0 Å². The molecule has 0 saturated heterocycles. The van der Waals surface area contributed by atoms with Crippen molar-refractivity contribution in [3.8, 4) is 0 Å². The number of imide groups is 1. The third-order valence-corrected chi connectivity index (χ3v) is 4.40. The summed E-state index contributed by atoms with van der Waals surface area (Å²) in [6.45, 7) is 0.890. The van der Waals surface area contributed by atoms with E-state index in [1.54, 1.807) is 36.7 Å². The van der Waals surface area contributed by atoms with E-state index in [4.69, 9.17) is 0 Å². The fourth-order valence-corrected chi connectivity index (χ4v) is 2.96. The predicted octanol–water partition coefficient (Wildman–Crippen LogP) is 2.55. The Kier molecular flexibility index (Phi) is 5.73. The molecule has 0 fully saturated rings. The van der Waals surface area contributed by atoms with Gasteiger partial charge in [0.05, 0.1) is 11.1 Å². The summed E-state index contributed by atoms with van der Waals surface area (Å²) in [4.78, 5) is 41.5. The second-order valence-electron chi connectivity index (χ2n) is 6.25. The fraction of sp³-hybridized carbons (Fsp3) is 0.300. The minimum atomic E-state index is -0.222. The molecule has 2 aromatic rings. The molecule has 0 saturated carbocycles. The van der Waals surface area contributed by atoms with Gasteiger partial charge in [-0.2, -0.15) is 0 Å². The minimum Gasteiger partial charge on any atom is -0.352 e. The number of hydrogen-bond acceptors (Lipinski definition) is 4. The number of carbonyl (C=O) groups excluding carboxylic acids is 3. The Morgan fingerprint density at radius 3 is 2.23 bits per heavy atom. The Bertz CT molecular complexity index is 770. The maximum atomic E-state index is 12.2. The summed E-state index contributed by atoms with van der Waals surface area (Å²) in [6, 6.07) is 10.6. The summed E-state index contributed by atoms with van der Waals surface area (Å²) < 4.78 is 0. The first-order valence-electron chi connectivity index (χ1n) is 8.77. The number of amides is 3. The molecule has 6 heteroatoms. The molecule has 0 radical (unpaired) electrons. The standard InChI is InChI=1S/C20H21N3O3/c24-18(22-14-15-9-11-21-12-10-15)8-2-1-5-13-23-19(25)16-6-3-4-7-17(16)20(23)26/h3-4,6-7,9-12H,1-2,5,8,13-14H2,(H,22,24). The molecule has 0 unspecified atom stereocenters. The van der Waals surface area contributed by atoms with Crippen LogP contribution in [0.4, 0.5) is 0 Å². The van der Waals surface area contributed by atoms with Gasteiger partial charge < -0.3 is 5.32 Å². The molecule has 0 aliphatic carbocycles. The highest BCUT2D eigenvalue weighted by atomic mass is 16.2. The van der Waals surface area contributed by atoms with Crippen molar-refractivity contribution in [3.05, 3.63) is 65.5 Å². The lowest BCUT2D eigenvalue weighted by Gasteiger charge is -2.13. The van der Waals surface area contributed by atoms with Crippen molar-refractivity contribution in [2.24, 2.45) is 0 Å². The highest BCUT2D eigenvalue weighted by Gasteiger charge is 2.34. The SMILES string of the molecule is O=C(CCCCCN1C(=O)c2ccccc2C1=O)NCc1ccncc1. The normalized spacial score (nSPS) is 13.0. The zero-order valence-electron chi connectivity index (χ0n) is 14.5. The van der Waals surface area contributed by atoms with Crippen LogP contribution in [-0.2, 0) is 11.3 Å². The highest BCUT2D eigenvalue weighted by molar-refractivity contribution is 6.21. The number of fused-ring (bicyclic) bond motifs is 1. The van der Waals surface area contributed by atoms with Crippen molar-refractivity contribution in [1.29, 1.82) is 0 Å². The number of aromatic nitrogens is 1. The van der Waals surface area contributed by atoms with E-state index in [0.717, 1.165) is 18.4 Å². The molecule has 3 rings (SSSR count). The second-order valence-corrected chi connectivity index (χ2v) is 6.25. The number of nitrogens with zero attached hydrogens (tertiary/aromatic N) is 2. The van der Waals surface area contributed by atoms with Gasteiger partial charge in [0.1, 0.15) is 0 Å². The van der Waals surface area contributed by atoms with Crippen molar-refractivity contribution in [2.45, 2.75) is 32.2 Å². The lowest BCUT2D eigenvalue weighted by Crippen LogP contribution is -2.30. The molecule has 1 aliphatic rings. The molecule has 3 amide bonds. The van der Waals surface area contributed by atoms with Gasteiger partial charge in [-0.05, 0) is 42.7 Å². The zero-order valence-corrected chi connectivity index (χ0v) is 14.5. The van der Waals surface area contributed by atoms with Gasteiger partial charge in [-0.3, -0.25) is 24.3 Å². The minimum absolute atomic E-state index is 0.00235. The average molecular weight is 351 g/mol. The van der Waals surface area contributed by atoms with Gasteiger partial charge in [0.2, 0.25) is 5.91 Å². The first-order chi connectivity index (χ1) is 12.7. The lowest BCUT2D eigenvalue weighted by molar-refractivity contribution is -0.121. The summed E-state index contributed by atoms with van der Waals surface area (Å²) in [5.41, 5.74) is 1.97. The van der Waals surface area contributed by atoms with Gasteiger partial charge in [0, 0.05) is 31.9 Å². The van der Waals surface area contributed by atoms with E-state index in [2.05, 4.69) is 10.3 Å². The van der Waals surface area contributed by atoms with Crippen molar-refractivity contribution >= 4 is 17.7 Å². The zero-order chi connectivity index (χ0) is 18.4. The lowest BCUT2D eigenvalue weighted by atomic mass is 10.1. The Morgan fingerprint density at radius 2 is 1.58 bits per heavy atom. The Hall–Kier alpha value is -3.02. The van der Waals surface area contributed by atoms with Crippen LogP contribution in [0.25, 0.3) is 0 Å². The van der Waals surface area contributed by atoms with Crippen molar-refractivity contribution in [3.63, 3.8) is 0 Å². The maximum absolute atomic E-state index is 12.2. The molecule has 0 spiro atoms. The third kappa shape index (κ3) is 4.14. The molecule has 1 aromatic carbocycles. The number of carbonyl (C=O) groups is 3. The topological polar surface area (TPSA) is 79.4 Å². The fourth-order valence-electron chi connectivity index (χ4n) is 2.96. The Balaban J connectivity index is 1.34. The van der Waals surface area contributed by atoms with E-state index in [0.29, 0.717) is 37.1 Å². The molecular weight excluding hydrogens is 330 g/mol. The van der Waals surface area contributed by atoms with Gasteiger partial charge in [0.25, 0.3) is 11.8 Å². The van der Waals surface area contributed by atoms with E-state index < -0.39 is 0 Å². The van der Waals surface area contributed by atoms with Crippen molar-refractivity contribution < 1.29 is 14.4 Å². The number of pyridine rings is 1. The van der Waals surface area contributed by atoms with E-state index in [9.17, 15) is 14.4 Å². The molecule has 0 bridgehead atoms. The third-order valence-electron chi connectivity index (χ3n) is 4.40. The van der Waals surface area contributed by atoms with E-state index >= 15 is 0 Å². The number of nitrogens with one attached hydrogen (secondary N) is 1. The van der Waals surface area contributed by atoms with Crippen LogP contribution < -0.4 is 5.32 Å². The largest absolute Gasteiger partial charge is 0.352 e. The Labute approximate surface area is 152 Å². The molecule has 1 N–H and O–H groups in total. The van der Waals surface area contributed by atoms with Crippen molar-refractivity contribution in [2.75, 3.05) is 6.54 Å². The monoisotopic (exact) mass is 351 g/mol. The quantitative estimate of drug-likeness (QED) is 0.585.